The number of ether oxygens (including phenoxy) is 1. The third-order valence-electron chi connectivity index (χ3n) is 3.67. The number of esters is 1. The summed E-state index contributed by atoms with van der Waals surface area (Å²) in [4.78, 5) is 13.0. The minimum atomic E-state index is -0.486. The molecule has 0 spiro atoms. The Bertz CT molecular complexity index is 1020. The first-order chi connectivity index (χ1) is 13.4. The quantitative estimate of drug-likeness (QED) is 0.284. The molecule has 2 aromatic carbocycles. The van der Waals surface area contributed by atoms with Gasteiger partial charge in [0.05, 0.1) is 18.4 Å². The third kappa shape index (κ3) is 4.78. The van der Waals surface area contributed by atoms with Crippen molar-refractivity contribution >= 4 is 77.2 Å². The molecule has 0 saturated carbocycles. The van der Waals surface area contributed by atoms with Crippen molar-refractivity contribution in [3.05, 3.63) is 68.9 Å². The van der Waals surface area contributed by atoms with Gasteiger partial charge in [0, 0.05) is 13.8 Å². The highest BCUT2D eigenvalue weighted by atomic mass is 79.9. The largest absolute Gasteiger partial charge is 0.465 e. The molecule has 28 heavy (non-hydrogen) atoms. The van der Waals surface area contributed by atoms with Gasteiger partial charge in [0.15, 0.2) is 5.11 Å². The van der Waals surface area contributed by atoms with Crippen LogP contribution in [-0.4, -0.2) is 18.2 Å². The van der Waals surface area contributed by atoms with Gasteiger partial charge in [0.2, 0.25) is 0 Å². The summed E-state index contributed by atoms with van der Waals surface area (Å²) >= 11 is 13.2. The number of benzene rings is 2. The lowest BCUT2D eigenvalue weighted by Gasteiger charge is -2.13. The molecule has 3 rings (SSSR count). The Labute approximate surface area is 187 Å². The van der Waals surface area contributed by atoms with Crippen LogP contribution in [0.25, 0.3) is 10.4 Å². The van der Waals surface area contributed by atoms with Gasteiger partial charge in [-0.15, -0.1) is 11.3 Å². The van der Waals surface area contributed by atoms with Crippen LogP contribution in [0, 0.1) is 5.82 Å². The molecule has 3 aromatic rings. The van der Waals surface area contributed by atoms with Gasteiger partial charge in [-0.3, -0.25) is 0 Å². The van der Waals surface area contributed by atoms with Gasteiger partial charge in [-0.05, 0) is 51.9 Å². The number of halogens is 3. The van der Waals surface area contributed by atoms with Crippen molar-refractivity contribution in [2.45, 2.75) is 0 Å². The van der Waals surface area contributed by atoms with Crippen molar-refractivity contribution in [2.24, 2.45) is 0 Å². The fraction of sp³-hybridized carbons (Fsp3) is 0.0526. The van der Waals surface area contributed by atoms with Crippen LogP contribution in [0.5, 0.6) is 0 Å². The zero-order valence-electron chi connectivity index (χ0n) is 14.4. The highest BCUT2D eigenvalue weighted by Crippen LogP contribution is 2.36. The van der Waals surface area contributed by atoms with Gasteiger partial charge >= 0.3 is 5.97 Å². The van der Waals surface area contributed by atoms with Gasteiger partial charge in [-0.25, -0.2) is 9.18 Å². The second-order valence-electron chi connectivity index (χ2n) is 5.53. The predicted octanol–water partition coefficient (Wildman–Crippen LogP) is 6.67. The molecule has 0 aliphatic carbocycles. The standard InChI is InChI=1S/C19H13Br2FN2O2S2/c1-26-18(25)12-9-15(10-5-3-2-4-6-10)28-17(12)24-19(27)23-16-13(21)7-11(20)8-14(16)22/h2-9H,1H3,(H2,23,24,27). The van der Waals surface area contributed by atoms with Gasteiger partial charge < -0.3 is 15.4 Å². The number of anilines is 2. The summed E-state index contributed by atoms with van der Waals surface area (Å²) in [5, 5.41) is 6.45. The number of rotatable bonds is 4. The van der Waals surface area contributed by atoms with E-state index in [2.05, 4.69) is 42.5 Å². The molecule has 0 bridgehead atoms. The summed E-state index contributed by atoms with van der Waals surface area (Å²) in [6.07, 6.45) is 0. The Morgan fingerprint density at radius 1 is 1.14 bits per heavy atom. The number of hydrogen-bond acceptors (Lipinski definition) is 4. The molecule has 2 N–H and O–H groups in total. The highest BCUT2D eigenvalue weighted by Gasteiger charge is 2.19. The first-order valence-corrected chi connectivity index (χ1v) is 10.7. The molecule has 0 unspecified atom stereocenters. The third-order valence-corrected chi connectivity index (χ3v) is 6.06. The van der Waals surface area contributed by atoms with E-state index in [0.29, 0.717) is 19.5 Å². The Morgan fingerprint density at radius 3 is 2.50 bits per heavy atom. The van der Waals surface area contributed by atoms with E-state index in [9.17, 15) is 9.18 Å². The maximum atomic E-state index is 14.2. The summed E-state index contributed by atoms with van der Waals surface area (Å²) in [5.41, 5.74) is 1.51. The average molecular weight is 544 g/mol. The molecule has 144 valence electrons. The molecule has 0 amide bonds. The SMILES string of the molecule is COC(=O)c1cc(-c2ccccc2)sc1NC(=S)Nc1c(F)cc(Br)cc1Br. The lowest BCUT2D eigenvalue weighted by molar-refractivity contribution is 0.0602. The topological polar surface area (TPSA) is 50.4 Å². The van der Waals surface area contributed by atoms with E-state index in [4.69, 9.17) is 17.0 Å². The first kappa shape index (κ1) is 20.9. The maximum Gasteiger partial charge on any atom is 0.340 e. The minimum absolute atomic E-state index is 0.147. The summed E-state index contributed by atoms with van der Waals surface area (Å²) in [6, 6.07) is 14.4. The number of carbonyl (C=O) groups is 1. The van der Waals surface area contributed by atoms with Gasteiger partial charge in [-0.1, -0.05) is 46.3 Å². The van der Waals surface area contributed by atoms with E-state index in [1.54, 1.807) is 12.1 Å². The molecule has 1 heterocycles. The molecule has 0 aliphatic rings. The molecule has 1 aromatic heterocycles. The summed E-state index contributed by atoms with van der Waals surface area (Å²) in [5.74, 6) is -0.963. The number of carbonyl (C=O) groups excluding carboxylic acids is 1. The molecular weight excluding hydrogens is 531 g/mol. The number of thiocarbonyl (C=S) groups is 1. The van der Waals surface area contributed by atoms with E-state index in [-0.39, 0.29) is 10.8 Å². The number of methoxy groups -OCH3 is 1. The molecule has 0 saturated heterocycles. The van der Waals surface area contributed by atoms with E-state index < -0.39 is 11.8 Å². The predicted molar refractivity (Wildman–Crippen MR) is 123 cm³/mol. The Hall–Kier alpha value is -1.81. The average Bonchev–Trinajstić information content (AvgIpc) is 3.08. The molecule has 0 atom stereocenters. The second kappa shape index (κ2) is 9.13. The van der Waals surface area contributed by atoms with Crippen LogP contribution in [0.15, 0.2) is 57.5 Å². The van der Waals surface area contributed by atoms with Crippen molar-refractivity contribution in [1.82, 2.24) is 0 Å². The maximum absolute atomic E-state index is 14.2. The van der Waals surface area contributed by atoms with Crippen molar-refractivity contribution in [3.63, 3.8) is 0 Å². The van der Waals surface area contributed by atoms with E-state index in [1.165, 1.54) is 24.5 Å². The Kier molecular flexibility index (Phi) is 6.82. The number of hydrogen-bond donors (Lipinski definition) is 2. The monoisotopic (exact) mass is 542 g/mol. The van der Waals surface area contributed by atoms with Crippen LogP contribution in [0.1, 0.15) is 10.4 Å². The smallest absolute Gasteiger partial charge is 0.340 e. The van der Waals surface area contributed by atoms with E-state index in [0.717, 1.165) is 10.4 Å². The Morgan fingerprint density at radius 2 is 1.86 bits per heavy atom. The molecule has 4 nitrogen and oxygen atoms in total. The zero-order valence-corrected chi connectivity index (χ0v) is 19.2. The lowest BCUT2D eigenvalue weighted by atomic mass is 10.1. The van der Waals surface area contributed by atoms with Gasteiger partial charge in [0.1, 0.15) is 10.8 Å². The minimum Gasteiger partial charge on any atom is -0.465 e. The summed E-state index contributed by atoms with van der Waals surface area (Å²) in [7, 11) is 1.32. The van der Waals surface area contributed by atoms with Crippen LogP contribution >= 0.6 is 55.4 Å². The van der Waals surface area contributed by atoms with Gasteiger partial charge in [-0.2, -0.15) is 0 Å². The fourth-order valence-electron chi connectivity index (χ4n) is 2.40. The van der Waals surface area contributed by atoms with Crippen molar-refractivity contribution in [3.8, 4) is 10.4 Å². The van der Waals surface area contributed by atoms with Crippen LogP contribution < -0.4 is 10.6 Å². The Balaban J connectivity index is 1.88. The second-order valence-corrected chi connectivity index (χ2v) is 8.77. The summed E-state index contributed by atoms with van der Waals surface area (Å²) < 4.78 is 20.2. The van der Waals surface area contributed by atoms with Crippen molar-refractivity contribution in [2.75, 3.05) is 17.7 Å². The molecule has 0 aliphatic heterocycles. The molecule has 9 heteroatoms. The molecular formula is C19H13Br2FN2O2S2. The van der Waals surface area contributed by atoms with Crippen molar-refractivity contribution < 1.29 is 13.9 Å². The van der Waals surface area contributed by atoms with Gasteiger partial charge in [0.25, 0.3) is 0 Å². The number of nitrogens with one attached hydrogen (secondary N) is 2. The van der Waals surface area contributed by atoms with E-state index >= 15 is 0 Å². The highest BCUT2D eigenvalue weighted by molar-refractivity contribution is 9.11. The van der Waals surface area contributed by atoms with Crippen molar-refractivity contribution in [1.29, 1.82) is 0 Å². The summed E-state index contributed by atoms with van der Waals surface area (Å²) in [6.45, 7) is 0. The fourth-order valence-corrected chi connectivity index (χ4v) is 5.00. The van der Waals surface area contributed by atoms with Crippen LogP contribution in [0.4, 0.5) is 15.1 Å². The lowest BCUT2D eigenvalue weighted by Crippen LogP contribution is -2.20. The van der Waals surface area contributed by atoms with Crippen LogP contribution in [0.3, 0.4) is 0 Å². The first-order valence-electron chi connectivity index (χ1n) is 7.89. The van der Waals surface area contributed by atoms with Crippen LogP contribution in [-0.2, 0) is 4.74 Å². The number of thiophene rings is 1. The van der Waals surface area contributed by atoms with E-state index in [1.807, 2.05) is 30.3 Å². The van der Waals surface area contributed by atoms with Crippen LogP contribution in [0.2, 0.25) is 0 Å². The zero-order chi connectivity index (χ0) is 20.3. The normalized spacial score (nSPS) is 10.4. The molecule has 0 radical (unpaired) electrons. The molecule has 0 fully saturated rings.